The van der Waals surface area contributed by atoms with E-state index in [9.17, 15) is 4.79 Å². The molecule has 0 aromatic heterocycles. The van der Waals surface area contributed by atoms with Gasteiger partial charge in [-0.05, 0) is 25.7 Å². The van der Waals surface area contributed by atoms with Crippen LogP contribution in [-0.2, 0) is 4.79 Å². The lowest BCUT2D eigenvalue weighted by atomic mass is 9.92. The highest BCUT2D eigenvalue weighted by atomic mass is 16.4. The number of fused-ring (bicyclic) bond motifs is 1. The van der Waals surface area contributed by atoms with E-state index < -0.39 is 11.5 Å². The third-order valence-corrected chi connectivity index (χ3v) is 3.57. The first-order valence-corrected chi connectivity index (χ1v) is 4.71. The monoisotopic (exact) mass is 169 g/mol. The molecule has 0 aliphatic carbocycles. The van der Waals surface area contributed by atoms with Crippen molar-refractivity contribution in [1.29, 1.82) is 0 Å². The number of carboxylic acid groups (broad SMARTS) is 1. The van der Waals surface area contributed by atoms with Crippen molar-refractivity contribution in [2.45, 2.75) is 44.2 Å². The Morgan fingerprint density at radius 3 is 2.67 bits per heavy atom. The highest BCUT2D eigenvalue weighted by molar-refractivity contribution is 5.79. The molecule has 2 rings (SSSR count). The second kappa shape index (κ2) is 2.46. The zero-order chi connectivity index (χ0) is 8.77. The summed E-state index contributed by atoms with van der Waals surface area (Å²) in [5.41, 5.74) is -0.497. The quantitative estimate of drug-likeness (QED) is 0.672. The topological polar surface area (TPSA) is 40.5 Å². The molecular formula is C9H15NO2. The maximum absolute atomic E-state index is 11.1. The standard InChI is InChI=1S/C9H15NO2/c1-2-9(8(11)12)5-3-7-4-6-10(7)9/h7H,2-6H2,1H3,(H,11,12). The summed E-state index contributed by atoms with van der Waals surface area (Å²) in [6.07, 6.45) is 3.89. The summed E-state index contributed by atoms with van der Waals surface area (Å²) < 4.78 is 0. The van der Waals surface area contributed by atoms with Crippen molar-refractivity contribution in [3.05, 3.63) is 0 Å². The van der Waals surface area contributed by atoms with Crippen molar-refractivity contribution in [2.75, 3.05) is 6.54 Å². The summed E-state index contributed by atoms with van der Waals surface area (Å²) in [6, 6.07) is 0.584. The van der Waals surface area contributed by atoms with Gasteiger partial charge >= 0.3 is 5.97 Å². The van der Waals surface area contributed by atoms with Gasteiger partial charge in [0.25, 0.3) is 0 Å². The summed E-state index contributed by atoms with van der Waals surface area (Å²) in [7, 11) is 0. The van der Waals surface area contributed by atoms with Gasteiger partial charge in [-0.2, -0.15) is 0 Å². The number of aliphatic carboxylic acids is 1. The number of hydrogen-bond acceptors (Lipinski definition) is 2. The van der Waals surface area contributed by atoms with Crippen LogP contribution in [0.15, 0.2) is 0 Å². The Kier molecular flexibility index (Phi) is 1.65. The average Bonchev–Trinajstić information content (AvgIpc) is 2.23. The summed E-state index contributed by atoms with van der Waals surface area (Å²) >= 11 is 0. The van der Waals surface area contributed by atoms with Crippen molar-refractivity contribution in [3.8, 4) is 0 Å². The smallest absolute Gasteiger partial charge is 0.324 e. The van der Waals surface area contributed by atoms with E-state index >= 15 is 0 Å². The van der Waals surface area contributed by atoms with Gasteiger partial charge in [0.1, 0.15) is 5.54 Å². The summed E-state index contributed by atoms with van der Waals surface area (Å²) in [4.78, 5) is 13.3. The van der Waals surface area contributed by atoms with Crippen molar-refractivity contribution in [1.82, 2.24) is 4.90 Å². The lowest BCUT2D eigenvalue weighted by molar-refractivity contribution is -0.153. The Morgan fingerprint density at radius 1 is 1.67 bits per heavy atom. The number of carbonyl (C=O) groups is 1. The summed E-state index contributed by atoms with van der Waals surface area (Å²) in [5.74, 6) is -0.618. The molecule has 2 aliphatic heterocycles. The molecule has 2 aliphatic rings. The molecule has 2 fully saturated rings. The van der Waals surface area contributed by atoms with E-state index in [1.165, 1.54) is 6.42 Å². The van der Waals surface area contributed by atoms with Crippen LogP contribution in [0.5, 0.6) is 0 Å². The minimum atomic E-state index is -0.618. The van der Waals surface area contributed by atoms with Crippen molar-refractivity contribution >= 4 is 5.97 Å². The third-order valence-electron chi connectivity index (χ3n) is 3.57. The Morgan fingerprint density at radius 2 is 2.42 bits per heavy atom. The van der Waals surface area contributed by atoms with Crippen LogP contribution in [0.2, 0.25) is 0 Å². The highest BCUT2D eigenvalue weighted by Crippen LogP contribution is 2.43. The Labute approximate surface area is 72.4 Å². The molecule has 0 saturated carbocycles. The molecule has 2 atom stereocenters. The molecule has 0 spiro atoms. The van der Waals surface area contributed by atoms with Gasteiger partial charge in [0.15, 0.2) is 0 Å². The first-order chi connectivity index (χ1) is 5.70. The zero-order valence-corrected chi connectivity index (χ0v) is 7.42. The number of nitrogens with zero attached hydrogens (tertiary/aromatic N) is 1. The van der Waals surface area contributed by atoms with Crippen LogP contribution in [0.4, 0.5) is 0 Å². The molecule has 0 aromatic rings. The number of rotatable bonds is 2. The molecule has 2 saturated heterocycles. The van der Waals surface area contributed by atoms with Gasteiger partial charge in [-0.3, -0.25) is 9.69 Å². The fourth-order valence-corrected chi connectivity index (χ4v) is 2.61. The van der Waals surface area contributed by atoms with Crippen LogP contribution in [-0.4, -0.2) is 34.1 Å². The molecule has 0 bridgehead atoms. The van der Waals surface area contributed by atoms with Crippen LogP contribution in [0.1, 0.15) is 32.6 Å². The van der Waals surface area contributed by atoms with Gasteiger partial charge in [-0.25, -0.2) is 0 Å². The molecule has 2 heterocycles. The first kappa shape index (κ1) is 8.05. The van der Waals surface area contributed by atoms with Crippen LogP contribution in [0.3, 0.4) is 0 Å². The Hall–Kier alpha value is -0.570. The fraction of sp³-hybridized carbons (Fsp3) is 0.889. The van der Waals surface area contributed by atoms with E-state index in [4.69, 9.17) is 5.11 Å². The predicted octanol–water partition coefficient (Wildman–Crippen LogP) is 1.09. The molecule has 68 valence electrons. The lowest BCUT2D eigenvalue weighted by Crippen LogP contribution is -2.58. The van der Waals surface area contributed by atoms with E-state index in [1.54, 1.807) is 0 Å². The molecule has 0 radical (unpaired) electrons. The van der Waals surface area contributed by atoms with E-state index in [0.29, 0.717) is 6.04 Å². The van der Waals surface area contributed by atoms with Gasteiger partial charge < -0.3 is 5.11 Å². The highest BCUT2D eigenvalue weighted by Gasteiger charge is 2.54. The van der Waals surface area contributed by atoms with Gasteiger partial charge in [-0.15, -0.1) is 0 Å². The van der Waals surface area contributed by atoms with Gasteiger partial charge in [0.2, 0.25) is 0 Å². The van der Waals surface area contributed by atoms with Crippen LogP contribution < -0.4 is 0 Å². The number of hydrogen-bond donors (Lipinski definition) is 1. The first-order valence-electron chi connectivity index (χ1n) is 4.71. The van der Waals surface area contributed by atoms with Crippen LogP contribution >= 0.6 is 0 Å². The summed E-state index contributed by atoms with van der Waals surface area (Å²) in [6.45, 7) is 2.97. The molecule has 1 N–H and O–H groups in total. The van der Waals surface area contributed by atoms with Crippen molar-refractivity contribution in [3.63, 3.8) is 0 Å². The van der Waals surface area contributed by atoms with Gasteiger partial charge in [0, 0.05) is 12.6 Å². The van der Waals surface area contributed by atoms with E-state index in [1.807, 2.05) is 6.92 Å². The molecule has 12 heavy (non-hydrogen) atoms. The average molecular weight is 169 g/mol. The Bertz CT molecular complexity index is 217. The van der Waals surface area contributed by atoms with Crippen molar-refractivity contribution in [2.24, 2.45) is 0 Å². The fourth-order valence-electron chi connectivity index (χ4n) is 2.61. The Balaban J connectivity index is 2.22. The van der Waals surface area contributed by atoms with E-state index in [2.05, 4.69) is 4.90 Å². The second-order valence-electron chi connectivity index (χ2n) is 3.86. The van der Waals surface area contributed by atoms with E-state index in [0.717, 1.165) is 25.8 Å². The van der Waals surface area contributed by atoms with Crippen LogP contribution in [0, 0.1) is 0 Å². The maximum atomic E-state index is 11.1. The van der Waals surface area contributed by atoms with Gasteiger partial charge in [0.05, 0.1) is 0 Å². The molecular weight excluding hydrogens is 154 g/mol. The maximum Gasteiger partial charge on any atom is 0.324 e. The predicted molar refractivity (Wildman–Crippen MR) is 45.0 cm³/mol. The molecule has 3 heteroatoms. The minimum absolute atomic E-state index is 0.497. The van der Waals surface area contributed by atoms with Crippen LogP contribution in [0.25, 0.3) is 0 Å². The number of carboxylic acids is 1. The molecule has 3 nitrogen and oxygen atoms in total. The SMILES string of the molecule is CCC1(C(=O)O)CCC2CCN21. The molecule has 0 aromatic carbocycles. The van der Waals surface area contributed by atoms with Gasteiger partial charge in [-0.1, -0.05) is 6.92 Å². The van der Waals surface area contributed by atoms with Crippen molar-refractivity contribution < 1.29 is 9.90 Å². The minimum Gasteiger partial charge on any atom is -0.480 e. The lowest BCUT2D eigenvalue weighted by Gasteiger charge is -2.44. The van der Waals surface area contributed by atoms with E-state index in [-0.39, 0.29) is 0 Å². The summed E-state index contributed by atoms with van der Waals surface area (Å²) in [5, 5.41) is 9.14. The normalized spacial score (nSPS) is 40.6. The third kappa shape index (κ3) is 0.774. The largest absolute Gasteiger partial charge is 0.480 e. The molecule has 0 amide bonds. The zero-order valence-electron chi connectivity index (χ0n) is 7.42. The molecule has 2 unspecified atom stereocenters. The second-order valence-corrected chi connectivity index (χ2v) is 3.86.